The molecule has 1 atom stereocenters. The highest BCUT2D eigenvalue weighted by Gasteiger charge is 2.64. The van der Waals surface area contributed by atoms with E-state index in [1.807, 2.05) is 18.2 Å². The van der Waals surface area contributed by atoms with Gasteiger partial charge in [0, 0.05) is 112 Å². The zero-order chi connectivity index (χ0) is 48.6. The zero-order valence-electron chi connectivity index (χ0n) is 40.1. The van der Waals surface area contributed by atoms with Gasteiger partial charge in [-0.1, -0.05) is 56.6 Å². The Bertz CT molecular complexity index is 2680. The lowest BCUT2D eigenvalue weighted by molar-refractivity contribution is -0.164. The molecule has 1 aliphatic carbocycles. The Morgan fingerprint density at radius 2 is 1.55 bits per heavy atom. The number of amides is 4. The monoisotopic (exact) mass is 958 g/mol. The number of rotatable bonds is 12. The van der Waals surface area contributed by atoms with Gasteiger partial charge in [0.25, 0.3) is 17.4 Å². The summed E-state index contributed by atoms with van der Waals surface area (Å²) < 4.78 is 7.48. The minimum absolute atomic E-state index is 0.0178. The summed E-state index contributed by atoms with van der Waals surface area (Å²) in [5, 5.41) is 23.7. The van der Waals surface area contributed by atoms with Crippen LogP contribution in [0.4, 0.5) is 5.69 Å². The molecule has 1 saturated carbocycles. The van der Waals surface area contributed by atoms with Gasteiger partial charge in [-0.2, -0.15) is 9.94 Å². The van der Waals surface area contributed by atoms with E-state index in [0.717, 1.165) is 94.8 Å². The first-order valence-electron chi connectivity index (χ1n) is 24.6. The number of carbonyl (C=O) groups excluding carboxylic acids is 4. The summed E-state index contributed by atoms with van der Waals surface area (Å²) in [7, 11) is 0. The summed E-state index contributed by atoms with van der Waals surface area (Å²) in [5.74, 6) is 0.431. The SMILES string of the molecule is CC1(C)[C@H](NC(=O)c2ccc(CCN3CCN(CC4CCN(C(=O)C5CCN(c6ccc7nnn(C8CCC(=O)NC8=O)c(=O)c7c6)CC5)CC4)CC3)cc2)C(C)(C)[C@H]1Oc1ccc(C#N)c(Cl)c1. The molecule has 4 aromatic rings. The van der Waals surface area contributed by atoms with Crippen molar-refractivity contribution in [1.29, 1.82) is 5.26 Å². The summed E-state index contributed by atoms with van der Waals surface area (Å²) in [5.41, 5.74) is 2.47. The third kappa shape index (κ3) is 10.1. The van der Waals surface area contributed by atoms with Crippen molar-refractivity contribution in [3.8, 4) is 11.8 Å². The van der Waals surface area contributed by atoms with E-state index in [1.165, 1.54) is 5.56 Å². The molecule has 364 valence electrons. The summed E-state index contributed by atoms with van der Waals surface area (Å²) in [6, 6.07) is 19.7. The summed E-state index contributed by atoms with van der Waals surface area (Å²) in [6.07, 6.45) is 4.63. The Morgan fingerprint density at radius 3 is 2.22 bits per heavy atom. The van der Waals surface area contributed by atoms with Crippen LogP contribution in [0.25, 0.3) is 10.9 Å². The van der Waals surface area contributed by atoms with Gasteiger partial charge in [0.05, 0.1) is 16.0 Å². The molecule has 5 aliphatic rings. The zero-order valence-corrected chi connectivity index (χ0v) is 40.8. The first kappa shape index (κ1) is 48.1. The van der Waals surface area contributed by atoms with Gasteiger partial charge < -0.3 is 29.7 Å². The Kier molecular flexibility index (Phi) is 13.8. The van der Waals surface area contributed by atoms with Crippen molar-refractivity contribution in [2.24, 2.45) is 22.7 Å². The molecule has 2 N–H and O–H groups in total. The Labute approximate surface area is 408 Å². The van der Waals surface area contributed by atoms with Crippen LogP contribution in [-0.2, 0) is 20.8 Å². The predicted molar refractivity (Wildman–Crippen MR) is 262 cm³/mol. The van der Waals surface area contributed by atoms with Gasteiger partial charge in [0.15, 0.2) is 0 Å². The molecule has 1 aromatic heterocycles. The number of ether oxygens (including phenoxy) is 1. The van der Waals surface area contributed by atoms with Crippen molar-refractivity contribution in [3.05, 3.63) is 92.7 Å². The number of aromatic nitrogens is 3. The van der Waals surface area contributed by atoms with E-state index in [-0.39, 0.29) is 59.5 Å². The third-order valence-electron chi connectivity index (χ3n) is 15.7. The van der Waals surface area contributed by atoms with E-state index >= 15 is 0 Å². The smallest absolute Gasteiger partial charge is 0.278 e. The second-order valence-electron chi connectivity index (χ2n) is 20.9. The molecule has 69 heavy (non-hydrogen) atoms. The number of nitrogens with zero attached hydrogens (tertiary/aromatic N) is 8. The van der Waals surface area contributed by atoms with Crippen LogP contribution in [0.5, 0.6) is 5.75 Å². The number of nitriles is 1. The Balaban J connectivity index is 0.670. The molecule has 0 spiro atoms. The number of piperidine rings is 3. The standard InChI is InChI=1S/C52H63ClN10O6/c1-51(2)49(52(3,4)50(51)69-39-11-9-37(31-54)41(53)30-39)56-45(65)35-7-5-33(6-8-35)15-20-59-25-27-60(28-26-59)32-34-16-21-62(22-17-34)47(67)36-18-23-61(24-19-36)38-10-12-42-40(29-38)48(68)63(58-57-42)43-13-14-44(64)55-46(43)66/h5-12,29-30,34,36,43,49-50H,13-28,32H2,1-4H3,(H,56,65)(H,55,64,66)/t43?,49-,50-. The van der Waals surface area contributed by atoms with Crippen LogP contribution < -0.4 is 25.8 Å². The number of nitrogens with one attached hydrogen (secondary N) is 2. The number of anilines is 1. The fourth-order valence-electron chi connectivity index (χ4n) is 11.8. The maximum Gasteiger partial charge on any atom is 0.278 e. The Hall–Kier alpha value is -5.89. The molecule has 0 radical (unpaired) electrons. The molecule has 3 aromatic carbocycles. The minimum Gasteiger partial charge on any atom is -0.489 e. The molecule has 16 nitrogen and oxygen atoms in total. The van der Waals surface area contributed by atoms with E-state index in [9.17, 15) is 29.2 Å². The first-order chi connectivity index (χ1) is 33.1. The number of hydrogen-bond donors (Lipinski definition) is 2. The van der Waals surface area contributed by atoms with Crippen LogP contribution in [0.2, 0.25) is 5.02 Å². The van der Waals surface area contributed by atoms with Gasteiger partial charge in [-0.25, -0.2) is 0 Å². The second kappa shape index (κ2) is 19.8. The summed E-state index contributed by atoms with van der Waals surface area (Å²) in [4.78, 5) is 74.2. The second-order valence-corrected chi connectivity index (χ2v) is 21.3. The van der Waals surface area contributed by atoms with Crippen molar-refractivity contribution in [2.75, 3.05) is 70.3 Å². The van der Waals surface area contributed by atoms with Crippen molar-refractivity contribution in [2.45, 2.75) is 90.8 Å². The maximum absolute atomic E-state index is 13.7. The lowest BCUT2D eigenvalue weighted by atomic mass is 9.49. The number of likely N-dealkylation sites (tertiary alicyclic amines) is 1. The number of imide groups is 1. The number of hydrogen-bond acceptors (Lipinski definition) is 12. The summed E-state index contributed by atoms with van der Waals surface area (Å²) >= 11 is 6.26. The van der Waals surface area contributed by atoms with Crippen LogP contribution in [0, 0.1) is 34.0 Å². The lowest BCUT2D eigenvalue weighted by Crippen LogP contribution is -2.74. The van der Waals surface area contributed by atoms with Gasteiger partial charge in [0.2, 0.25) is 11.8 Å². The van der Waals surface area contributed by atoms with Gasteiger partial charge >= 0.3 is 0 Å². The molecular formula is C52H63ClN10O6. The average Bonchev–Trinajstić information content (AvgIpc) is 3.35. The molecule has 9 rings (SSSR count). The molecule has 0 bridgehead atoms. The fraction of sp³-hybridized carbons (Fsp3) is 0.538. The highest BCUT2D eigenvalue weighted by molar-refractivity contribution is 6.31. The molecule has 5 heterocycles. The van der Waals surface area contributed by atoms with Crippen molar-refractivity contribution < 1.29 is 23.9 Å². The molecule has 4 saturated heterocycles. The first-order valence-corrected chi connectivity index (χ1v) is 24.9. The highest BCUT2D eigenvalue weighted by atomic mass is 35.5. The van der Waals surface area contributed by atoms with E-state index < -0.39 is 17.5 Å². The molecular weight excluding hydrogens is 896 g/mol. The van der Waals surface area contributed by atoms with E-state index in [0.29, 0.717) is 51.8 Å². The van der Waals surface area contributed by atoms with Crippen molar-refractivity contribution in [1.82, 2.24) is 40.3 Å². The number of fused-ring (bicyclic) bond motifs is 1. The van der Waals surface area contributed by atoms with Crippen LogP contribution in [0.3, 0.4) is 0 Å². The summed E-state index contributed by atoms with van der Waals surface area (Å²) in [6.45, 7) is 17.6. The van der Waals surface area contributed by atoms with Gasteiger partial charge in [0.1, 0.15) is 29.5 Å². The van der Waals surface area contributed by atoms with Crippen LogP contribution >= 0.6 is 11.6 Å². The number of benzene rings is 3. The van der Waals surface area contributed by atoms with E-state index in [2.05, 4.69) is 86.4 Å². The average molecular weight is 960 g/mol. The van der Waals surface area contributed by atoms with Crippen LogP contribution in [-0.4, -0.2) is 131 Å². The molecule has 1 unspecified atom stereocenters. The number of halogens is 1. The number of piperazine rings is 1. The van der Waals surface area contributed by atoms with E-state index in [4.69, 9.17) is 16.3 Å². The fourth-order valence-corrected chi connectivity index (χ4v) is 12.0. The van der Waals surface area contributed by atoms with Crippen LogP contribution in [0.15, 0.2) is 65.5 Å². The van der Waals surface area contributed by atoms with Gasteiger partial charge in [-0.3, -0.25) is 29.3 Å². The largest absolute Gasteiger partial charge is 0.489 e. The predicted octanol–water partition coefficient (Wildman–Crippen LogP) is 5.22. The maximum atomic E-state index is 13.7. The molecule has 4 amide bonds. The lowest BCUT2D eigenvalue weighted by Gasteiger charge is -2.63. The normalized spacial score (nSPS) is 23.5. The van der Waals surface area contributed by atoms with Gasteiger partial charge in [-0.15, -0.1) is 5.10 Å². The molecule has 4 aliphatic heterocycles. The molecule has 17 heteroatoms. The van der Waals surface area contributed by atoms with Gasteiger partial charge in [-0.05, 0) is 92.5 Å². The third-order valence-corrected chi connectivity index (χ3v) is 16.0. The van der Waals surface area contributed by atoms with Crippen LogP contribution in [0.1, 0.15) is 93.7 Å². The highest BCUT2D eigenvalue weighted by Crippen LogP contribution is 2.55. The topological polar surface area (TPSA) is 186 Å². The Morgan fingerprint density at radius 1 is 0.855 bits per heavy atom. The van der Waals surface area contributed by atoms with Crippen molar-refractivity contribution >= 4 is 51.8 Å². The van der Waals surface area contributed by atoms with E-state index in [1.54, 1.807) is 30.3 Å². The van der Waals surface area contributed by atoms with Crippen molar-refractivity contribution in [3.63, 3.8) is 0 Å². The molecule has 5 fully saturated rings. The quantitative estimate of drug-likeness (QED) is 0.177. The number of carbonyl (C=O) groups is 4. The minimum atomic E-state index is -0.875.